The lowest BCUT2D eigenvalue weighted by atomic mass is 10.3. The van der Waals surface area contributed by atoms with Crippen LogP contribution in [0, 0.1) is 0 Å². The maximum Gasteiger partial charge on any atom is 0.271 e. The molecule has 0 aromatic carbocycles. The van der Waals surface area contributed by atoms with Crippen molar-refractivity contribution in [2.75, 3.05) is 26.8 Å². The molecule has 0 spiro atoms. The first kappa shape index (κ1) is 16.6. The van der Waals surface area contributed by atoms with Crippen molar-refractivity contribution in [2.24, 2.45) is 5.14 Å². The van der Waals surface area contributed by atoms with Crippen LogP contribution in [0.3, 0.4) is 0 Å². The first-order valence-electron chi connectivity index (χ1n) is 6.01. The van der Waals surface area contributed by atoms with Gasteiger partial charge in [-0.2, -0.15) is 0 Å². The number of rotatable bonds is 9. The molecule has 8 nitrogen and oxygen atoms in total. The van der Waals surface area contributed by atoms with E-state index in [0.29, 0.717) is 38.4 Å². The van der Waals surface area contributed by atoms with Gasteiger partial charge in [0.25, 0.3) is 10.0 Å². The summed E-state index contributed by atoms with van der Waals surface area (Å²) in [6.07, 6.45) is 0.312. The maximum absolute atomic E-state index is 11.3. The zero-order valence-corrected chi connectivity index (χ0v) is 12.0. The molecule has 0 saturated heterocycles. The number of furan rings is 1. The number of nitrogens with two attached hydrogens (primary N) is 1. The average Bonchev–Trinajstić information content (AvgIpc) is 2.83. The highest BCUT2D eigenvalue weighted by atomic mass is 32.2. The molecule has 1 rings (SSSR count). The van der Waals surface area contributed by atoms with Crippen molar-refractivity contribution in [3.63, 3.8) is 0 Å². The fourth-order valence-electron chi connectivity index (χ4n) is 1.40. The molecule has 1 heterocycles. The van der Waals surface area contributed by atoms with Crippen LogP contribution in [0.15, 0.2) is 21.6 Å². The van der Waals surface area contributed by atoms with Crippen LogP contribution in [0.5, 0.6) is 0 Å². The van der Waals surface area contributed by atoms with E-state index in [2.05, 4.69) is 10.6 Å². The number of hydrogen-bond acceptors (Lipinski definition) is 6. The van der Waals surface area contributed by atoms with Gasteiger partial charge in [-0.1, -0.05) is 0 Å². The minimum Gasteiger partial charge on any atom is -0.447 e. The molecule has 1 amide bonds. The number of sulfonamides is 1. The molecule has 0 aliphatic rings. The molecule has 0 radical (unpaired) electrons. The highest BCUT2D eigenvalue weighted by Crippen LogP contribution is 2.11. The predicted molar refractivity (Wildman–Crippen MR) is 71.3 cm³/mol. The molecule has 1 aromatic heterocycles. The molecule has 0 aliphatic carbocycles. The van der Waals surface area contributed by atoms with Gasteiger partial charge in [0, 0.05) is 26.6 Å². The summed E-state index contributed by atoms with van der Waals surface area (Å²) in [6.45, 7) is 1.72. The lowest BCUT2D eigenvalue weighted by molar-refractivity contribution is -0.121. The molecule has 9 heteroatoms. The zero-order chi connectivity index (χ0) is 15.0. The summed E-state index contributed by atoms with van der Waals surface area (Å²) in [5.41, 5.74) is 0. The van der Waals surface area contributed by atoms with E-state index in [1.54, 1.807) is 7.11 Å². The van der Waals surface area contributed by atoms with E-state index in [1.807, 2.05) is 0 Å². The number of methoxy groups -OCH3 is 1. The largest absolute Gasteiger partial charge is 0.447 e. The number of ether oxygens (including phenoxy) is 1. The van der Waals surface area contributed by atoms with Crippen LogP contribution >= 0.6 is 0 Å². The summed E-state index contributed by atoms with van der Waals surface area (Å²) in [4.78, 5) is 11.3. The Balaban J connectivity index is 2.21. The Kier molecular flexibility index (Phi) is 6.65. The van der Waals surface area contributed by atoms with Crippen LogP contribution in [-0.2, 0) is 26.1 Å². The Morgan fingerprint density at radius 1 is 1.40 bits per heavy atom. The molecular formula is C11H19N3O5S. The number of hydrogen-bond donors (Lipinski definition) is 3. The van der Waals surface area contributed by atoms with Crippen LogP contribution in [-0.4, -0.2) is 41.1 Å². The Morgan fingerprint density at radius 2 is 2.15 bits per heavy atom. The van der Waals surface area contributed by atoms with E-state index in [9.17, 15) is 13.2 Å². The summed E-state index contributed by atoms with van der Waals surface area (Å²) in [5, 5.41) is 10.3. The molecule has 0 bridgehead atoms. The van der Waals surface area contributed by atoms with E-state index < -0.39 is 10.0 Å². The van der Waals surface area contributed by atoms with Crippen LogP contribution < -0.4 is 15.8 Å². The van der Waals surface area contributed by atoms with Crippen molar-refractivity contribution in [3.8, 4) is 0 Å². The summed E-state index contributed by atoms with van der Waals surface area (Å²) >= 11 is 0. The summed E-state index contributed by atoms with van der Waals surface area (Å²) in [7, 11) is -2.25. The molecule has 4 N–H and O–H groups in total. The van der Waals surface area contributed by atoms with Crippen molar-refractivity contribution < 1.29 is 22.4 Å². The van der Waals surface area contributed by atoms with Gasteiger partial charge in [0.15, 0.2) is 0 Å². The lowest BCUT2D eigenvalue weighted by Gasteiger charge is -2.05. The smallest absolute Gasteiger partial charge is 0.271 e. The van der Waals surface area contributed by atoms with Crippen molar-refractivity contribution in [1.29, 1.82) is 0 Å². The number of amides is 1. The Labute approximate surface area is 117 Å². The SMILES string of the molecule is COCCNC(=O)CCNCc1ccc(S(N)(=O)=O)o1. The first-order valence-corrected chi connectivity index (χ1v) is 7.56. The third-order valence-corrected chi connectivity index (χ3v) is 3.15. The number of nitrogens with one attached hydrogen (secondary N) is 2. The third-order valence-electron chi connectivity index (χ3n) is 2.37. The quantitative estimate of drug-likeness (QED) is 0.512. The van der Waals surface area contributed by atoms with Gasteiger partial charge < -0.3 is 19.8 Å². The summed E-state index contributed by atoms with van der Waals surface area (Å²) in [6, 6.07) is 2.81. The van der Waals surface area contributed by atoms with Gasteiger partial charge in [-0.25, -0.2) is 13.6 Å². The second kappa shape index (κ2) is 8.00. The van der Waals surface area contributed by atoms with E-state index in [4.69, 9.17) is 14.3 Å². The van der Waals surface area contributed by atoms with Gasteiger partial charge in [0.1, 0.15) is 5.76 Å². The van der Waals surface area contributed by atoms with E-state index in [0.717, 1.165) is 0 Å². The van der Waals surface area contributed by atoms with E-state index in [1.165, 1.54) is 12.1 Å². The maximum atomic E-state index is 11.3. The molecular weight excluding hydrogens is 286 g/mol. The third kappa shape index (κ3) is 6.15. The fraction of sp³-hybridized carbons (Fsp3) is 0.545. The molecule has 0 fully saturated rings. The Morgan fingerprint density at radius 3 is 2.75 bits per heavy atom. The second-order valence-corrected chi connectivity index (χ2v) is 5.53. The fourth-order valence-corrected chi connectivity index (χ4v) is 1.88. The lowest BCUT2D eigenvalue weighted by Crippen LogP contribution is -2.29. The molecule has 20 heavy (non-hydrogen) atoms. The zero-order valence-electron chi connectivity index (χ0n) is 11.2. The van der Waals surface area contributed by atoms with Crippen molar-refractivity contribution in [1.82, 2.24) is 10.6 Å². The predicted octanol–water partition coefficient (Wildman–Crippen LogP) is -0.831. The first-order chi connectivity index (χ1) is 9.43. The van der Waals surface area contributed by atoms with Crippen molar-refractivity contribution in [3.05, 3.63) is 17.9 Å². The molecule has 0 aliphatic heterocycles. The Hall–Kier alpha value is -1.42. The average molecular weight is 305 g/mol. The van der Waals surface area contributed by atoms with Gasteiger partial charge in [0.05, 0.1) is 13.2 Å². The van der Waals surface area contributed by atoms with Crippen molar-refractivity contribution >= 4 is 15.9 Å². The molecule has 0 atom stereocenters. The molecule has 1 aromatic rings. The molecule has 0 saturated carbocycles. The van der Waals surface area contributed by atoms with E-state index >= 15 is 0 Å². The number of primary sulfonamides is 1. The summed E-state index contributed by atoms with van der Waals surface area (Å²) < 4.78 is 31.8. The highest BCUT2D eigenvalue weighted by molar-refractivity contribution is 7.89. The number of carbonyl (C=O) groups excluding carboxylic acids is 1. The monoisotopic (exact) mass is 305 g/mol. The topological polar surface area (TPSA) is 124 Å². The number of carbonyl (C=O) groups is 1. The minimum atomic E-state index is -3.81. The van der Waals surface area contributed by atoms with Crippen LogP contribution in [0.1, 0.15) is 12.2 Å². The van der Waals surface area contributed by atoms with Crippen LogP contribution in [0.4, 0.5) is 0 Å². The molecule has 114 valence electrons. The van der Waals surface area contributed by atoms with Gasteiger partial charge in [-0.3, -0.25) is 4.79 Å². The van der Waals surface area contributed by atoms with Gasteiger partial charge in [-0.05, 0) is 12.1 Å². The van der Waals surface area contributed by atoms with Gasteiger partial charge in [-0.15, -0.1) is 0 Å². The Bertz CT molecular complexity index is 526. The minimum absolute atomic E-state index is 0.0841. The normalized spacial score (nSPS) is 11.5. The van der Waals surface area contributed by atoms with Crippen LogP contribution in [0.25, 0.3) is 0 Å². The highest BCUT2D eigenvalue weighted by Gasteiger charge is 2.12. The molecule has 0 unspecified atom stereocenters. The van der Waals surface area contributed by atoms with Gasteiger partial charge >= 0.3 is 0 Å². The van der Waals surface area contributed by atoms with Gasteiger partial charge in [0.2, 0.25) is 11.0 Å². The standard InChI is InChI=1S/C11H19N3O5S/c1-18-7-6-14-10(15)4-5-13-8-9-2-3-11(19-9)20(12,16)17/h2-3,13H,4-8H2,1H3,(H,14,15)(H2,12,16,17). The summed E-state index contributed by atoms with van der Waals surface area (Å²) in [5.74, 6) is 0.355. The van der Waals surface area contributed by atoms with Crippen molar-refractivity contribution in [2.45, 2.75) is 18.1 Å². The van der Waals surface area contributed by atoms with Crippen LogP contribution in [0.2, 0.25) is 0 Å². The van der Waals surface area contributed by atoms with E-state index in [-0.39, 0.29) is 11.0 Å². The second-order valence-electron chi connectivity index (χ2n) is 4.04.